The molecule has 0 aliphatic carbocycles. The van der Waals surface area contributed by atoms with Gasteiger partial charge in [0.15, 0.2) is 0 Å². The van der Waals surface area contributed by atoms with Crippen LogP contribution in [0.3, 0.4) is 0 Å². The van der Waals surface area contributed by atoms with Gasteiger partial charge in [-0.3, -0.25) is 0 Å². The van der Waals surface area contributed by atoms with Crippen molar-refractivity contribution < 1.29 is 9.84 Å². The van der Waals surface area contributed by atoms with Crippen LogP contribution in [-0.4, -0.2) is 24.4 Å². The zero-order valence-electron chi connectivity index (χ0n) is 10.8. The molecule has 2 atom stereocenters. The Balaban J connectivity index is 2.05. The van der Waals surface area contributed by atoms with E-state index in [0.29, 0.717) is 6.54 Å². The van der Waals surface area contributed by atoms with Crippen molar-refractivity contribution in [1.82, 2.24) is 5.32 Å². The third-order valence-corrected chi connectivity index (χ3v) is 3.85. The molecule has 100 valence electrons. The van der Waals surface area contributed by atoms with Gasteiger partial charge >= 0.3 is 0 Å². The molecule has 2 N–H and O–H groups in total. The highest BCUT2D eigenvalue weighted by Gasteiger charge is 2.22. The summed E-state index contributed by atoms with van der Waals surface area (Å²) in [6.45, 7) is 5.40. The summed E-state index contributed by atoms with van der Waals surface area (Å²) in [6, 6.07) is 6.34. The van der Waals surface area contributed by atoms with Crippen LogP contribution >= 0.6 is 15.9 Å². The molecule has 4 heteroatoms. The fraction of sp³-hybridized carbons (Fsp3) is 0.571. The van der Waals surface area contributed by atoms with E-state index in [0.717, 1.165) is 23.2 Å². The van der Waals surface area contributed by atoms with Crippen molar-refractivity contribution in [2.75, 3.05) is 13.2 Å². The van der Waals surface area contributed by atoms with Crippen molar-refractivity contribution >= 4 is 15.9 Å². The van der Waals surface area contributed by atoms with E-state index in [9.17, 15) is 5.11 Å². The van der Waals surface area contributed by atoms with Crippen LogP contribution in [0.4, 0.5) is 0 Å². The first-order valence-electron chi connectivity index (χ1n) is 6.41. The Morgan fingerprint density at radius 2 is 2.28 bits per heavy atom. The third kappa shape index (κ3) is 3.25. The molecule has 0 saturated heterocycles. The summed E-state index contributed by atoms with van der Waals surface area (Å²) in [5.41, 5.74) is 1.17. The number of aliphatic hydroxyl groups is 1. The number of rotatable bonds is 4. The maximum absolute atomic E-state index is 9.86. The molecule has 1 aromatic carbocycles. The molecule has 0 saturated carbocycles. The van der Waals surface area contributed by atoms with Crippen LogP contribution in [0.25, 0.3) is 0 Å². The fourth-order valence-electron chi connectivity index (χ4n) is 2.08. The highest BCUT2D eigenvalue weighted by molar-refractivity contribution is 9.10. The zero-order chi connectivity index (χ0) is 13.1. The molecule has 3 nitrogen and oxygen atoms in total. The third-order valence-electron chi connectivity index (χ3n) is 3.35. The lowest BCUT2D eigenvalue weighted by molar-refractivity contribution is 0.116. The first kappa shape index (κ1) is 13.8. The average molecular weight is 314 g/mol. The summed E-state index contributed by atoms with van der Waals surface area (Å²) in [6.07, 6.45) is 0.636. The number of hydrogen-bond donors (Lipinski definition) is 2. The zero-order valence-corrected chi connectivity index (χ0v) is 12.4. The Morgan fingerprint density at radius 3 is 3.00 bits per heavy atom. The normalized spacial score (nSPS) is 20.4. The van der Waals surface area contributed by atoms with Crippen LogP contribution in [0, 0.1) is 5.92 Å². The van der Waals surface area contributed by atoms with E-state index in [4.69, 9.17) is 4.74 Å². The standard InChI is InChI=1S/C14H20BrNO2/c1-9(2)13(17)8-16-12-5-6-18-14-4-3-10(15)7-11(12)14/h3-4,7,9,12-13,16-17H,5-6,8H2,1-2H3. The lowest BCUT2D eigenvalue weighted by atomic mass is 9.99. The lowest BCUT2D eigenvalue weighted by Gasteiger charge is -2.28. The van der Waals surface area contributed by atoms with Crippen LogP contribution < -0.4 is 10.1 Å². The van der Waals surface area contributed by atoms with E-state index >= 15 is 0 Å². The number of benzene rings is 1. The molecule has 0 bridgehead atoms. The molecule has 2 rings (SSSR count). The second kappa shape index (κ2) is 6.04. The molecule has 0 radical (unpaired) electrons. The number of hydrogen-bond acceptors (Lipinski definition) is 3. The van der Waals surface area contributed by atoms with E-state index < -0.39 is 0 Å². The van der Waals surface area contributed by atoms with E-state index in [1.807, 2.05) is 26.0 Å². The molecule has 0 spiro atoms. The first-order chi connectivity index (χ1) is 8.58. The minimum absolute atomic E-state index is 0.264. The molecule has 1 heterocycles. The van der Waals surface area contributed by atoms with Crippen molar-refractivity contribution in [2.24, 2.45) is 5.92 Å². The minimum atomic E-state index is -0.302. The maximum Gasteiger partial charge on any atom is 0.124 e. The van der Waals surface area contributed by atoms with Crippen LogP contribution in [-0.2, 0) is 0 Å². The van der Waals surface area contributed by atoms with E-state index in [2.05, 4.69) is 27.3 Å². The Labute approximate surface area is 117 Å². The predicted molar refractivity (Wildman–Crippen MR) is 75.8 cm³/mol. The fourth-order valence-corrected chi connectivity index (χ4v) is 2.45. The molecule has 0 amide bonds. The average Bonchev–Trinajstić information content (AvgIpc) is 2.35. The quantitative estimate of drug-likeness (QED) is 0.898. The summed E-state index contributed by atoms with van der Waals surface area (Å²) in [5, 5.41) is 13.3. The van der Waals surface area contributed by atoms with Gasteiger partial charge in [-0.2, -0.15) is 0 Å². The van der Waals surface area contributed by atoms with Gasteiger partial charge in [-0.05, 0) is 24.1 Å². The van der Waals surface area contributed by atoms with Crippen molar-refractivity contribution in [3.05, 3.63) is 28.2 Å². The molecular weight excluding hydrogens is 294 g/mol. The number of halogens is 1. The smallest absolute Gasteiger partial charge is 0.124 e. The van der Waals surface area contributed by atoms with Gasteiger partial charge in [0.05, 0.1) is 12.7 Å². The second-order valence-corrected chi connectivity index (χ2v) is 6.01. The lowest BCUT2D eigenvalue weighted by Crippen LogP contribution is -2.35. The molecular formula is C14H20BrNO2. The Bertz CT molecular complexity index is 409. The highest BCUT2D eigenvalue weighted by atomic mass is 79.9. The van der Waals surface area contributed by atoms with Gasteiger partial charge in [-0.1, -0.05) is 29.8 Å². The summed E-state index contributed by atoms with van der Waals surface area (Å²) in [7, 11) is 0. The molecule has 1 aliphatic rings. The van der Waals surface area contributed by atoms with Gasteiger partial charge in [-0.15, -0.1) is 0 Å². The van der Waals surface area contributed by atoms with Crippen LogP contribution in [0.15, 0.2) is 22.7 Å². The number of aliphatic hydroxyl groups excluding tert-OH is 1. The maximum atomic E-state index is 9.86. The van der Waals surface area contributed by atoms with E-state index in [1.165, 1.54) is 5.56 Å². The molecule has 1 aliphatic heterocycles. The van der Waals surface area contributed by atoms with Gasteiger partial charge in [0.1, 0.15) is 5.75 Å². The number of nitrogens with one attached hydrogen (secondary N) is 1. The van der Waals surface area contributed by atoms with Gasteiger partial charge < -0.3 is 15.2 Å². The topological polar surface area (TPSA) is 41.5 Å². The summed E-state index contributed by atoms with van der Waals surface area (Å²) in [4.78, 5) is 0. The monoisotopic (exact) mass is 313 g/mol. The molecule has 0 aromatic heterocycles. The Morgan fingerprint density at radius 1 is 1.50 bits per heavy atom. The first-order valence-corrected chi connectivity index (χ1v) is 7.21. The van der Waals surface area contributed by atoms with Gasteiger partial charge in [0.2, 0.25) is 0 Å². The summed E-state index contributed by atoms with van der Waals surface area (Å²) in [5.74, 6) is 1.22. The van der Waals surface area contributed by atoms with Gasteiger partial charge in [0, 0.05) is 29.0 Å². The van der Waals surface area contributed by atoms with Crippen LogP contribution in [0.1, 0.15) is 31.9 Å². The highest BCUT2D eigenvalue weighted by Crippen LogP contribution is 2.34. The van der Waals surface area contributed by atoms with Gasteiger partial charge in [-0.25, -0.2) is 0 Å². The van der Waals surface area contributed by atoms with E-state index in [1.54, 1.807) is 0 Å². The van der Waals surface area contributed by atoms with E-state index in [-0.39, 0.29) is 18.1 Å². The van der Waals surface area contributed by atoms with Crippen LogP contribution in [0.5, 0.6) is 5.75 Å². The number of ether oxygens (including phenoxy) is 1. The largest absolute Gasteiger partial charge is 0.493 e. The van der Waals surface area contributed by atoms with Crippen molar-refractivity contribution in [2.45, 2.75) is 32.4 Å². The second-order valence-electron chi connectivity index (χ2n) is 5.09. The molecule has 0 fully saturated rings. The van der Waals surface area contributed by atoms with Crippen molar-refractivity contribution in [3.8, 4) is 5.75 Å². The van der Waals surface area contributed by atoms with Crippen molar-refractivity contribution in [3.63, 3.8) is 0 Å². The minimum Gasteiger partial charge on any atom is -0.493 e. The summed E-state index contributed by atoms with van der Waals surface area (Å²) < 4.78 is 6.70. The Hall–Kier alpha value is -0.580. The molecule has 18 heavy (non-hydrogen) atoms. The Kier molecular flexibility index (Phi) is 4.65. The van der Waals surface area contributed by atoms with Crippen molar-refractivity contribution in [1.29, 1.82) is 0 Å². The van der Waals surface area contributed by atoms with Crippen LogP contribution in [0.2, 0.25) is 0 Å². The predicted octanol–water partition coefficient (Wildman–Crippen LogP) is 2.88. The van der Waals surface area contributed by atoms with Gasteiger partial charge in [0.25, 0.3) is 0 Å². The number of fused-ring (bicyclic) bond motifs is 1. The molecule has 1 aromatic rings. The summed E-state index contributed by atoms with van der Waals surface area (Å²) >= 11 is 3.49. The SMILES string of the molecule is CC(C)C(O)CNC1CCOc2ccc(Br)cc21. The molecule has 2 unspecified atom stereocenters.